The fraction of sp³-hybridized carbons (Fsp3) is 0.500. The van der Waals surface area contributed by atoms with Gasteiger partial charge in [0.05, 0.1) is 12.9 Å². The Morgan fingerprint density at radius 3 is 2.35 bits per heavy atom. The molecule has 0 radical (unpaired) electrons. The summed E-state index contributed by atoms with van der Waals surface area (Å²) < 4.78 is 51.9. The van der Waals surface area contributed by atoms with Gasteiger partial charge in [-0.25, -0.2) is 28.6 Å². The second-order valence-electron chi connectivity index (χ2n) is 6.02. The van der Waals surface area contributed by atoms with E-state index >= 15 is 0 Å². The molecular formula is C10H16N5O13P3. The topological polar surface area (TPSA) is 279 Å². The summed E-state index contributed by atoms with van der Waals surface area (Å²) in [5.74, 6) is 0.0426. The maximum absolute atomic E-state index is 11.8. The molecule has 1 fully saturated rings. The number of phosphoric acid groups is 3. The van der Waals surface area contributed by atoms with Gasteiger partial charge in [-0.1, -0.05) is 0 Å². The Labute approximate surface area is 171 Å². The van der Waals surface area contributed by atoms with Gasteiger partial charge in [0.25, 0.3) is 0 Å². The molecule has 1 aliphatic rings. The van der Waals surface area contributed by atoms with Crippen LogP contribution in [0.15, 0.2) is 12.7 Å². The molecule has 0 amide bonds. The normalized spacial score (nSPS) is 28.5. The molecule has 18 nitrogen and oxygen atoms in total. The lowest BCUT2D eigenvalue weighted by molar-refractivity contribution is -0.0503. The molecule has 0 bridgehead atoms. The van der Waals surface area contributed by atoms with Crippen LogP contribution in [-0.2, 0) is 31.6 Å². The van der Waals surface area contributed by atoms with Crippen molar-refractivity contribution in [3.05, 3.63) is 12.7 Å². The monoisotopic (exact) mass is 507 g/mol. The molecule has 8 N–H and O–H groups in total. The summed E-state index contributed by atoms with van der Waals surface area (Å²) in [4.78, 5) is 47.2. The minimum absolute atomic E-state index is 0.0426. The summed E-state index contributed by atoms with van der Waals surface area (Å²) in [6.07, 6.45) is -3.69. The zero-order valence-corrected chi connectivity index (χ0v) is 17.6. The molecule has 0 aromatic carbocycles. The Morgan fingerprint density at radius 2 is 1.71 bits per heavy atom. The van der Waals surface area contributed by atoms with Crippen molar-refractivity contribution in [3.8, 4) is 0 Å². The van der Waals surface area contributed by atoms with E-state index in [0.717, 1.165) is 6.33 Å². The Kier molecular flexibility index (Phi) is 6.68. The largest absolute Gasteiger partial charge is 0.490 e. The lowest BCUT2D eigenvalue weighted by Gasteiger charge is -2.19. The number of phosphoric ester groups is 1. The molecule has 2 unspecified atom stereocenters. The summed E-state index contributed by atoms with van der Waals surface area (Å²) in [6.45, 7) is -0.956. The van der Waals surface area contributed by atoms with Gasteiger partial charge < -0.3 is 40.3 Å². The van der Waals surface area contributed by atoms with Crippen molar-refractivity contribution in [3.63, 3.8) is 0 Å². The van der Waals surface area contributed by atoms with E-state index < -0.39 is 54.6 Å². The number of nitrogen functional groups attached to an aromatic ring is 1. The van der Waals surface area contributed by atoms with Crippen LogP contribution in [0.5, 0.6) is 0 Å². The van der Waals surface area contributed by atoms with Crippen molar-refractivity contribution in [2.24, 2.45) is 0 Å². The molecule has 6 atom stereocenters. The minimum Gasteiger partial charge on any atom is -0.387 e. The Hall–Kier alpha value is -1.36. The maximum atomic E-state index is 11.8. The van der Waals surface area contributed by atoms with Crippen molar-refractivity contribution in [1.29, 1.82) is 0 Å². The SMILES string of the molecule is Nc1ncnc2c1ncn2[C@H]1O[C@H](COP(=O)(O)OP(=O)(O)OP(=O)(O)O)[C@H](O)[C@@H]1O. The highest BCUT2D eigenvalue weighted by atomic mass is 31.3. The smallest absolute Gasteiger partial charge is 0.387 e. The van der Waals surface area contributed by atoms with Crippen molar-refractivity contribution in [1.82, 2.24) is 19.5 Å². The van der Waals surface area contributed by atoms with E-state index in [1.165, 1.54) is 10.9 Å². The van der Waals surface area contributed by atoms with E-state index in [-0.39, 0.29) is 17.0 Å². The van der Waals surface area contributed by atoms with Gasteiger partial charge in [0, 0.05) is 0 Å². The molecule has 3 rings (SSSR count). The predicted octanol–water partition coefficient (Wildman–Crippen LogP) is -1.63. The number of aromatic nitrogens is 4. The molecule has 21 heteroatoms. The molecule has 1 saturated heterocycles. The molecule has 2 aromatic heterocycles. The molecule has 3 heterocycles. The second kappa shape index (κ2) is 8.53. The zero-order chi connectivity index (χ0) is 23.2. The van der Waals surface area contributed by atoms with Gasteiger partial charge in [-0.3, -0.25) is 9.09 Å². The number of anilines is 1. The number of fused-ring (bicyclic) bond motifs is 1. The fourth-order valence-corrected chi connectivity index (χ4v) is 5.65. The molecule has 174 valence electrons. The van der Waals surface area contributed by atoms with Crippen LogP contribution < -0.4 is 5.73 Å². The quantitative estimate of drug-likeness (QED) is 0.197. The van der Waals surface area contributed by atoms with Gasteiger partial charge in [-0.15, -0.1) is 0 Å². The zero-order valence-electron chi connectivity index (χ0n) is 14.9. The molecule has 0 aliphatic carbocycles. The first-order valence-electron chi connectivity index (χ1n) is 7.92. The van der Waals surface area contributed by atoms with Crippen molar-refractivity contribution in [2.75, 3.05) is 12.3 Å². The van der Waals surface area contributed by atoms with Crippen LogP contribution in [-0.4, -0.2) is 74.2 Å². The van der Waals surface area contributed by atoms with Crippen LogP contribution >= 0.6 is 23.5 Å². The van der Waals surface area contributed by atoms with Gasteiger partial charge in [-0.2, -0.15) is 8.62 Å². The molecular weight excluding hydrogens is 491 g/mol. The van der Waals surface area contributed by atoms with Gasteiger partial charge >= 0.3 is 23.5 Å². The maximum Gasteiger partial charge on any atom is 0.490 e. The van der Waals surface area contributed by atoms with E-state index in [1.807, 2.05) is 0 Å². The summed E-state index contributed by atoms with van der Waals surface area (Å²) in [6, 6.07) is 0. The van der Waals surface area contributed by atoms with Crippen molar-refractivity contribution in [2.45, 2.75) is 24.5 Å². The van der Waals surface area contributed by atoms with Crippen molar-refractivity contribution >= 4 is 40.4 Å². The fourth-order valence-electron chi connectivity index (χ4n) is 2.62. The molecule has 0 saturated carbocycles. The minimum atomic E-state index is -5.70. The summed E-state index contributed by atoms with van der Waals surface area (Å²) in [5, 5.41) is 20.4. The number of aliphatic hydroxyl groups is 2. The first-order chi connectivity index (χ1) is 14.2. The predicted molar refractivity (Wildman–Crippen MR) is 95.5 cm³/mol. The van der Waals surface area contributed by atoms with E-state index in [2.05, 4.69) is 28.1 Å². The number of ether oxygens (including phenoxy) is 1. The summed E-state index contributed by atoms with van der Waals surface area (Å²) >= 11 is 0. The van der Waals surface area contributed by atoms with Crippen LogP contribution in [0.1, 0.15) is 6.23 Å². The van der Waals surface area contributed by atoms with Gasteiger partial charge in [0.15, 0.2) is 17.7 Å². The Bertz CT molecular complexity index is 1100. The van der Waals surface area contributed by atoms with Gasteiger partial charge in [-0.05, 0) is 0 Å². The van der Waals surface area contributed by atoms with E-state index in [4.69, 9.17) is 25.2 Å². The Morgan fingerprint density at radius 1 is 1.03 bits per heavy atom. The standard InChI is InChI=1S/C10H16N5O13P3/c11-8-5-9(13-2-12-8)15(3-14-5)10-7(17)6(16)4(26-10)1-25-30(21,22)28-31(23,24)27-29(18,19)20/h2-4,6-7,10,16-17H,1H2,(H,21,22)(H,23,24)(H2,11,12,13)(H2,18,19,20)/t4-,6+,7+,10+/m1/s1. The van der Waals surface area contributed by atoms with Crippen molar-refractivity contribution < 1.29 is 61.4 Å². The van der Waals surface area contributed by atoms with Gasteiger partial charge in [0.1, 0.15) is 30.2 Å². The lowest BCUT2D eigenvalue weighted by Crippen LogP contribution is -2.33. The van der Waals surface area contributed by atoms with E-state index in [1.54, 1.807) is 0 Å². The third-order valence-corrected chi connectivity index (χ3v) is 7.62. The number of aliphatic hydroxyl groups excluding tert-OH is 2. The Balaban J connectivity index is 1.69. The molecule has 1 aliphatic heterocycles. The highest BCUT2D eigenvalue weighted by molar-refractivity contribution is 7.66. The highest BCUT2D eigenvalue weighted by Gasteiger charge is 2.47. The second-order valence-corrected chi connectivity index (χ2v) is 10.4. The van der Waals surface area contributed by atoms with Crippen LogP contribution in [0.25, 0.3) is 11.2 Å². The number of hydrogen-bond donors (Lipinski definition) is 7. The first kappa shape index (κ1) is 24.3. The average molecular weight is 507 g/mol. The van der Waals surface area contributed by atoms with Crippen LogP contribution in [0.4, 0.5) is 5.82 Å². The number of rotatable bonds is 8. The number of nitrogens with two attached hydrogens (primary N) is 1. The van der Waals surface area contributed by atoms with Gasteiger partial charge in [0.2, 0.25) is 0 Å². The molecule has 2 aromatic rings. The van der Waals surface area contributed by atoms with Crippen LogP contribution in [0.3, 0.4) is 0 Å². The molecule has 31 heavy (non-hydrogen) atoms. The number of nitrogens with zero attached hydrogens (tertiary/aromatic N) is 4. The number of hydrogen-bond acceptors (Lipinski definition) is 13. The summed E-state index contributed by atoms with van der Waals surface area (Å²) in [5.41, 5.74) is 6.00. The third kappa shape index (κ3) is 5.71. The lowest BCUT2D eigenvalue weighted by atomic mass is 10.1. The van der Waals surface area contributed by atoms with Crippen LogP contribution in [0, 0.1) is 0 Å². The van der Waals surface area contributed by atoms with E-state index in [0.29, 0.717) is 0 Å². The molecule has 0 spiro atoms. The first-order valence-corrected chi connectivity index (χ1v) is 12.4. The summed E-state index contributed by atoms with van der Waals surface area (Å²) in [7, 11) is -16.7. The highest BCUT2D eigenvalue weighted by Crippen LogP contribution is 2.66. The number of imidazole rings is 1. The van der Waals surface area contributed by atoms with Crippen LogP contribution in [0.2, 0.25) is 0 Å². The third-order valence-electron chi connectivity index (χ3n) is 3.82. The average Bonchev–Trinajstić information content (AvgIpc) is 3.13. The van der Waals surface area contributed by atoms with E-state index in [9.17, 15) is 28.8 Å².